The van der Waals surface area contributed by atoms with Gasteiger partial charge in [-0.25, -0.2) is 0 Å². The fourth-order valence-electron chi connectivity index (χ4n) is 2.36. The van der Waals surface area contributed by atoms with Gasteiger partial charge in [-0.15, -0.1) is 0 Å². The SMILES string of the molecule is CCC(=O)CCC[C@H]1CO[C@H](COCCN)[C@H](O)[C@@H]1O. The molecular weight excluding hydrogens is 262 g/mol. The van der Waals surface area contributed by atoms with Crippen molar-refractivity contribution in [2.45, 2.75) is 50.9 Å². The Bertz CT molecular complexity index is 287. The Morgan fingerprint density at radius 1 is 1.40 bits per heavy atom. The Labute approximate surface area is 120 Å². The second-order valence-corrected chi connectivity index (χ2v) is 5.26. The van der Waals surface area contributed by atoms with E-state index in [4.69, 9.17) is 15.2 Å². The molecule has 20 heavy (non-hydrogen) atoms. The van der Waals surface area contributed by atoms with Crippen LogP contribution < -0.4 is 5.73 Å². The first-order valence-corrected chi connectivity index (χ1v) is 7.37. The van der Waals surface area contributed by atoms with Crippen molar-refractivity contribution < 1.29 is 24.5 Å². The van der Waals surface area contributed by atoms with Gasteiger partial charge in [0, 0.05) is 25.3 Å². The summed E-state index contributed by atoms with van der Waals surface area (Å²) < 4.78 is 10.8. The average Bonchev–Trinajstić information content (AvgIpc) is 2.45. The van der Waals surface area contributed by atoms with Gasteiger partial charge in [-0.1, -0.05) is 6.92 Å². The van der Waals surface area contributed by atoms with Crippen LogP contribution in [0.25, 0.3) is 0 Å². The number of aliphatic hydroxyl groups is 2. The minimum Gasteiger partial charge on any atom is -0.390 e. The average molecular weight is 289 g/mol. The molecule has 1 aliphatic rings. The summed E-state index contributed by atoms with van der Waals surface area (Å²) in [6, 6.07) is 0. The van der Waals surface area contributed by atoms with Crippen LogP contribution in [0.2, 0.25) is 0 Å². The van der Waals surface area contributed by atoms with Gasteiger partial charge in [-0.05, 0) is 12.8 Å². The Balaban J connectivity index is 2.30. The van der Waals surface area contributed by atoms with E-state index >= 15 is 0 Å². The highest BCUT2D eigenvalue weighted by atomic mass is 16.5. The molecule has 1 fully saturated rings. The second-order valence-electron chi connectivity index (χ2n) is 5.26. The largest absolute Gasteiger partial charge is 0.390 e. The lowest BCUT2D eigenvalue weighted by Gasteiger charge is -2.37. The molecule has 6 nitrogen and oxygen atoms in total. The van der Waals surface area contributed by atoms with Gasteiger partial charge in [0.2, 0.25) is 0 Å². The van der Waals surface area contributed by atoms with Gasteiger partial charge in [0.05, 0.1) is 25.9 Å². The van der Waals surface area contributed by atoms with Crippen LogP contribution in [0, 0.1) is 5.92 Å². The van der Waals surface area contributed by atoms with Gasteiger partial charge < -0.3 is 25.4 Å². The van der Waals surface area contributed by atoms with Gasteiger partial charge in [0.1, 0.15) is 18.0 Å². The maximum absolute atomic E-state index is 11.2. The summed E-state index contributed by atoms with van der Waals surface area (Å²) >= 11 is 0. The van der Waals surface area contributed by atoms with E-state index in [0.29, 0.717) is 39.0 Å². The maximum atomic E-state index is 11.2. The number of hydrogen-bond donors (Lipinski definition) is 3. The highest BCUT2D eigenvalue weighted by molar-refractivity contribution is 5.77. The molecule has 0 aromatic heterocycles. The number of Topliss-reactive ketones (excluding diaryl/α,β-unsaturated/α-hetero) is 1. The van der Waals surface area contributed by atoms with E-state index in [1.165, 1.54) is 0 Å². The lowest BCUT2D eigenvalue weighted by atomic mass is 9.88. The smallest absolute Gasteiger partial charge is 0.132 e. The minimum absolute atomic E-state index is 0.125. The molecule has 4 N–H and O–H groups in total. The van der Waals surface area contributed by atoms with Crippen molar-refractivity contribution in [3.63, 3.8) is 0 Å². The van der Waals surface area contributed by atoms with Crippen LogP contribution in [0.1, 0.15) is 32.6 Å². The monoisotopic (exact) mass is 289 g/mol. The van der Waals surface area contributed by atoms with Gasteiger partial charge in [0.15, 0.2) is 0 Å². The molecular formula is C14H27NO5. The lowest BCUT2D eigenvalue weighted by Crippen LogP contribution is -2.51. The zero-order chi connectivity index (χ0) is 15.0. The number of carbonyl (C=O) groups is 1. The summed E-state index contributed by atoms with van der Waals surface area (Å²) in [6.07, 6.45) is 0.190. The van der Waals surface area contributed by atoms with E-state index in [1.54, 1.807) is 0 Å². The molecule has 1 heterocycles. The van der Waals surface area contributed by atoms with Crippen molar-refractivity contribution in [2.75, 3.05) is 26.4 Å². The normalized spacial score (nSPS) is 30.4. The molecule has 1 saturated heterocycles. The van der Waals surface area contributed by atoms with E-state index in [1.807, 2.05) is 6.92 Å². The molecule has 0 spiro atoms. The van der Waals surface area contributed by atoms with Gasteiger partial charge >= 0.3 is 0 Å². The van der Waals surface area contributed by atoms with Crippen LogP contribution in [-0.2, 0) is 14.3 Å². The summed E-state index contributed by atoms with van der Waals surface area (Å²) in [5.41, 5.74) is 5.31. The number of ether oxygens (including phenoxy) is 2. The van der Waals surface area contributed by atoms with Crippen LogP contribution >= 0.6 is 0 Å². The Morgan fingerprint density at radius 2 is 2.15 bits per heavy atom. The molecule has 6 heteroatoms. The highest BCUT2D eigenvalue weighted by Crippen LogP contribution is 2.25. The molecule has 0 radical (unpaired) electrons. The van der Waals surface area contributed by atoms with Crippen molar-refractivity contribution in [2.24, 2.45) is 11.7 Å². The van der Waals surface area contributed by atoms with Crippen molar-refractivity contribution in [1.29, 1.82) is 0 Å². The zero-order valence-electron chi connectivity index (χ0n) is 12.2. The van der Waals surface area contributed by atoms with Crippen LogP contribution in [0.3, 0.4) is 0 Å². The number of aliphatic hydroxyl groups excluding tert-OH is 2. The first-order chi connectivity index (χ1) is 9.60. The highest BCUT2D eigenvalue weighted by Gasteiger charge is 2.37. The number of carbonyl (C=O) groups excluding carboxylic acids is 1. The van der Waals surface area contributed by atoms with Gasteiger partial charge in [0.25, 0.3) is 0 Å². The maximum Gasteiger partial charge on any atom is 0.132 e. The fourth-order valence-corrected chi connectivity index (χ4v) is 2.36. The molecule has 0 aromatic carbocycles. The Kier molecular flexibility index (Phi) is 8.25. The Hall–Kier alpha value is -0.530. The van der Waals surface area contributed by atoms with Crippen LogP contribution in [-0.4, -0.2) is 60.7 Å². The third kappa shape index (κ3) is 5.46. The summed E-state index contributed by atoms with van der Waals surface area (Å²) in [4.78, 5) is 11.2. The molecule has 118 valence electrons. The first kappa shape index (κ1) is 17.5. The third-order valence-electron chi connectivity index (χ3n) is 3.71. The number of rotatable bonds is 9. The zero-order valence-corrected chi connectivity index (χ0v) is 12.2. The topological polar surface area (TPSA) is 102 Å². The molecule has 4 atom stereocenters. The predicted molar refractivity (Wildman–Crippen MR) is 74.3 cm³/mol. The summed E-state index contributed by atoms with van der Waals surface area (Å²) in [5.74, 6) is 0.102. The molecule has 0 aliphatic carbocycles. The van der Waals surface area contributed by atoms with E-state index in [9.17, 15) is 15.0 Å². The molecule has 0 bridgehead atoms. The fraction of sp³-hybridized carbons (Fsp3) is 0.929. The third-order valence-corrected chi connectivity index (χ3v) is 3.71. The van der Waals surface area contributed by atoms with E-state index in [0.717, 1.165) is 6.42 Å². The van der Waals surface area contributed by atoms with Crippen LogP contribution in [0.5, 0.6) is 0 Å². The molecule has 0 unspecified atom stereocenters. The quantitative estimate of drug-likeness (QED) is 0.510. The lowest BCUT2D eigenvalue weighted by molar-refractivity contribution is -0.181. The summed E-state index contributed by atoms with van der Waals surface area (Å²) in [7, 11) is 0. The standard InChI is InChI=1S/C14H27NO5/c1-2-11(16)5-3-4-10-8-20-12(9-19-7-6-15)14(18)13(10)17/h10,12-14,17-18H,2-9,15H2,1H3/t10-,12+,13+,14-/m0/s1. The van der Waals surface area contributed by atoms with Crippen molar-refractivity contribution in [1.82, 2.24) is 0 Å². The summed E-state index contributed by atoms with van der Waals surface area (Å²) in [5, 5.41) is 20.1. The number of hydrogen-bond acceptors (Lipinski definition) is 6. The van der Waals surface area contributed by atoms with E-state index in [-0.39, 0.29) is 18.3 Å². The Morgan fingerprint density at radius 3 is 2.80 bits per heavy atom. The molecule has 1 rings (SSSR count). The molecule has 0 saturated carbocycles. The van der Waals surface area contributed by atoms with Gasteiger partial charge in [-0.2, -0.15) is 0 Å². The second kappa shape index (κ2) is 9.41. The first-order valence-electron chi connectivity index (χ1n) is 7.37. The van der Waals surface area contributed by atoms with Gasteiger partial charge in [-0.3, -0.25) is 4.79 Å². The number of ketones is 1. The number of nitrogens with two attached hydrogens (primary N) is 1. The van der Waals surface area contributed by atoms with E-state index in [2.05, 4.69) is 0 Å². The van der Waals surface area contributed by atoms with Crippen molar-refractivity contribution in [3.05, 3.63) is 0 Å². The van der Waals surface area contributed by atoms with Crippen molar-refractivity contribution in [3.8, 4) is 0 Å². The molecule has 0 aromatic rings. The van der Waals surface area contributed by atoms with E-state index < -0.39 is 18.3 Å². The minimum atomic E-state index is -0.951. The van der Waals surface area contributed by atoms with Crippen LogP contribution in [0.15, 0.2) is 0 Å². The van der Waals surface area contributed by atoms with Crippen molar-refractivity contribution >= 4 is 5.78 Å². The summed E-state index contributed by atoms with van der Waals surface area (Å²) in [6.45, 7) is 3.28. The predicted octanol–water partition coefficient (Wildman–Crippen LogP) is -0.152. The molecule has 1 aliphatic heterocycles. The molecule has 0 amide bonds. The van der Waals surface area contributed by atoms with Crippen LogP contribution in [0.4, 0.5) is 0 Å².